The molecule has 0 spiro atoms. The van der Waals surface area contributed by atoms with Gasteiger partial charge >= 0.3 is 0 Å². The highest BCUT2D eigenvalue weighted by Crippen LogP contribution is 2.14. The van der Waals surface area contributed by atoms with Crippen molar-refractivity contribution in [2.75, 3.05) is 50.1 Å². The van der Waals surface area contributed by atoms with E-state index in [1.165, 1.54) is 0 Å². The summed E-state index contributed by atoms with van der Waals surface area (Å²) in [6.45, 7) is 2.68. The number of anilines is 2. The van der Waals surface area contributed by atoms with Gasteiger partial charge in [0.2, 0.25) is 5.91 Å². The number of pyridine rings is 1. The topological polar surface area (TPSA) is 89.3 Å². The maximum atomic E-state index is 12.5. The molecular weight excluding hydrogens is 330 g/mol. The molecule has 26 heavy (non-hydrogen) atoms. The van der Waals surface area contributed by atoms with Crippen molar-refractivity contribution in [3.63, 3.8) is 0 Å². The summed E-state index contributed by atoms with van der Waals surface area (Å²) in [5.74, 6) is 1.72. The maximum absolute atomic E-state index is 12.5. The third kappa shape index (κ3) is 4.06. The summed E-state index contributed by atoms with van der Waals surface area (Å²) in [4.78, 5) is 22.7. The highest BCUT2D eigenvalue weighted by Gasteiger charge is 2.22. The van der Waals surface area contributed by atoms with Gasteiger partial charge in [-0.1, -0.05) is 6.07 Å². The van der Waals surface area contributed by atoms with Crippen LogP contribution in [-0.2, 0) is 11.2 Å². The number of nitriles is 1. The smallest absolute Gasteiger partial charge is 0.227 e. The summed E-state index contributed by atoms with van der Waals surface area (Å²) in [5.41, 5.74) is 1.22. The number of rotatable bonds is 4. The van der Waals surface area contributed by atoms with E-state index in [9.17, 15) is 4.79 Å². The van der Waals surface area contributed by atoms with Crippen molar-refractivity contribution < 1.29 is 4.79 Å². The van der Waals surface area contributed by atoms with Crippen LogP contribution in [0, 0.1) is 11.3 Å². The number of nitrogens with zero attached hydrogens (tertiary/aromatic N) is 7. The number of aromatic nitrogens is 3. The van der Waals surface area contributed by atoms with Gasteiger partial charge in [-0.05, 0) is 23.8 Å². The Bertz CT molecular complexity index is 788. The van der Waals surface area contributed by atoms with Crippen LogP contribution in [0.4, 0.5) is 11.6 Å². The fourth-order valence-electron chi connectivity index (χ4n) is 2.81. The van der Waals surface area contributed by atoms with Crippen LogP contribution in [0.2, 0.25) is 0 Å². The van der Waals surface area contributed by atoms with E-state index in [0.29, 0.717) is 38.3 Å². The molecular formula is C18H21N7O. The normalized spacial score (nSPS) is 14.0. The lowest BCUT2D eigenvalue weighted by atomic mass is 10.1. The molecule has 2 aromatic heterocycles. The van der Waals surface area contributed by atoms with E-state index in [1.807, 2.05) is 42.1 Å². The van der Waals surface area contributed by atoms with Crippen LogP contribution >= 0.6 is 0 Å². The standard InChI is InChI=1S/C18H21N7O/c1-23(2)16-5-3-14(13-20-16)11-18(26)25-9-7-24(8-10-25)17-6-4-15(12-19)21-22-17/h3-6,13H,7-11H2,1-2H3. The van der Waals surface area contributed by atoms with Crippen LogP contribution in [0.5, 0.6) is 0 Å². The van der Waals surface area contributed by atoms with E-state index in [-0.39, 0.29) is 5.91 Å². The molecule has 1 aliphatic heterocycles. The number of hydrogen-bond acceptors (Lipinski definition) is 7. The summed E-state index contributed by atoms with van der Waals surface area (Å²) in [6.07, 6.45) is 2.12. The molecule has 0 unspecified atom stereocenters. The molecule has 0 aliphatic carbocycles. The maximum Gasteiger partial charge on any atom is 0.227 e. The lowest BCUT2D eigenvalue weighted by Gasteiger charge is -2.35. The first-order valence-electron chi connectivity index (χ1n) is 8.45. The molecule has 0 saturated carbocycles. The van der Waals surface area contributed by atoms with Gasteiger partial charge in [0.15, 0.2) is 11.5 Å². The predicted molar refractivity (Wildman–Crippen MR) is 97.8 cm³/mol. The lowest BCUT2D eigenvalue weighted by Crippen LogP contribution is -2.49. The van der Waals surface area contributed by atoms with Crippen molar-refractivity contribution in [2.24, 2.45) is 0 Å². The molecule has 8 heteroatoms. The van der Waals surface area contributed by atoms with Gasteiger partial charge in [0, 0.05) is 46.5 Å². The van der Waals surface area contributed by atoms with E-state index in [1.54, 1.807) is 18.3 Å². The Kier molecular flexibility index (Phi) is 5.27. The van der Waals surface area contributed by atoms with Crippen molar-refractivity contribution in [1.82, 2.24) is 20.1 Å². The Hall–Kier alpha value is -3.21. The van der Waals surface area contributed by atoms with Gasteiger partial charge in [-0.3, -0.25) is 4.79 Å². The van der Waals surface area contributed by atoms with Crippen molar-refractivity contribution in [3.05, 3.63) is 41.7 Å². The Morgan fingerprint density at radius 1 is 1.15 bits per heavy atom. The molecule has 134 valence electrons. The van der Waals surface area contributed by atoms with Crippen LogP contribution in [0.3, 0.4) is 0 Å². The van der Waals surface area contributed by atoms with Gasteiger partial charge in [0.05, 0.1) is 6.42 Å². The van der Waals surface area contributed by atoms with E-state index < -0.39 is 0 Å². The van der Waals surface area contributed by atoms with Gasteiger partial charge in [0.1, 0.15) is 11.9 Å². The van der Waals surface area contributed by atoms with Crippen LogP contribution in [0.1, 0.15) is 11.3 Å². The second kappa shape index (κ2) is 7.78. The van der Waals surface area contributed by atoms with Gasteiger partial charge in [-0.15, -0.1) is 10.2 Å². The Labute approximate surface area is 152 Å². The van der Waals surface area contributed by atoms with E-state index in [0.717, 1.165) is 17.2 Å². The first kappa shape index (κ1) is 17.6. The summed E-state index contributed by atoms with van der Waals surface area (Å²) in [7, 11) is 3.87. The van der Waals surface area contributed by atoms with Gasteiger partial charge in [0.25, 0.3) is 0 Å². The predicted octanol–water partition coefficient (Wildman–Crippen LogP) is 0.701. The van der Waals surface area contributed by atoms with Crippen molar-refractivity contribution in [2.45, 2.75) is 6.42 Å². The fraction of sp³-hybridized carbons (Fsp3) is 0.389. The molecule has 8 nitrogen and oxygen atoms in total. The largest absolute Gasteiger partial charge is 0.363 e. The molecule has 1 aliphatic rings. The van der Waals surface area contributed by atoms with E-state index in [4.69, 9.17) is 5.26 Å². The summed E-state index contributed by atoms with van der Waals surface area (Å²) >= 11 is 0. The number of amides is 1. The summed E-state index contributed by atoms with van der Waals surface area (Å²) in [6, 6.07) is 9.28. The average Bonchev–Trinajstić information content (AvgIpc) is 2.68. The van der Waals surface area contributed by atoms with Gasteiger partial charge in [-0.2, -0.15) is 5.26 Å². The van der Waals surface area contributed by atoms with Gasteiger partial charge in [-0.25, -0.2) is 4.98 Å². The molecule has 1 amide bonds. The monoisotopic (exact) mass is 351 g/mol. The zero-order valence-electron chi connectivity index (χ0n) is 15.0. The fourth-order valence-corrected chi connectivity index (χ4v) is 2.81. The molecule has 3 rings (SSSR count). The third-order valence-corrected chi connectivity index (χ3v) is 4.34. The second-order valence-electron chi connectivity index (χ2n) is 6.35. The second-order valence-corrected chi connectivity index (χ2v) is 6.35. The Morgan fingerprint density at radius 3 is 2.46 bits per heavy atom. The number of hydrogen-bond donors (Lipinski definition) is 0. The van der Waals surface area contributed by atoms with Crippen molar-refractivity contribution >= 4 is 17.5 Å². The minimum Gasteiger partial charge on any atom is -0.363 e. The molecule has 3 heterocycles. The van der Waals surface area contributed by atoms with Crippen LogP contribution in [-0.4, -0.2) is 66.3 Å². The molecule has 2 aromatic rings. The summed E-state index contributed by atoms with van der Waals surface area (Å²) in [5, 5.41) is 16.7. The Balaban J connectivity index is 1.53. The van der Waals surface area contributed by atoms with Crippen molar-refractivity contribution in [1.29, 1.82) is 5.26 Å². The highest BCUT2D eigenvalue weighted by atomic mass is 16.2. The van der Waals surface area contributed by atoms with E-state index >= 15 is 0 Å². The number of carbonyl (C=O) groups is 1. The molecule has 0 bridgehead atoms. The van der Waals surface area contributed by atoms with Gasteiger partial charge < -0.3 is 14.7 Å². The molecule has 0 aromatic carbocycles. The average molecular weight is 351 g/mol. The third-order valence-electron chi connectivity index (χ3n) is 4.34. The van der Waals surface area contributed by atoms with Crippen LogP contribution in [0.15, 0.2) is 30.5 Å². The van der Waals surface area contributed by atoms with Crippen LogP contribution < -0.4 is 9.80 Å². The Morgan fingerprint density at radius 2 is 1.92 bits per heavy atom. The zero-order valence-corrected chi connectivity index (χ0v) is 15.0. The number of carbonyl (C=O) groups excluding carboxylic acids is 1. The number of piperazine rings is 1. The minimum atomic E-state index is 0.106. The molecule has 0 atom stereocenters. The molecule has 1 fully saturated rings. The SMILES string of the molecule is CN(C)c1ccc(CC(=O)N2CCN(c3ccc(C#N)nn3)CC2)cn1. The summed E-state index contributed by atoms with van der Waals surface area (Å²) < 4.78 is 0. The minimum absolute atomic E-state index is 0.106. The lowest BCUT2D eigenvalue weighted by molar-refractivity contribution is -0.130. The van der Waals surface area contributed by atoms with Crippen LogP contribution in [0.25, 0.3) is 0 Å². The zero-order chi connectivity index (χ0) is 18.5. The molecule has 0 N–H and O–H groups in total. The highest BCUT2D eigenvalue weighted by molar-refractivity contribution is 5.79. The molecule has 0 radical (unpaired) electrons. The molecule has 1 saturated heterocycles. The first-order valence-corrected chi connectivity index (χ1v) is 8.45. The quantitative estimate of drug-likeness (QED) is 0.801. The van der Waals surface area contributed by atoms with Crippen molar-refractivity contribution in [3.8, 4) is 6.07 Å². The first-order chi connectivity index (χ1) is 12.6. The van der Waals surface area contributed by atoms with E-state index in [2.05, 4.69) is 20.1 Å².